The average molecular weight is 251 g/mol. The summed E-state index contributed by atoms with van der Waals surface area (Å²) in [5, 5.41) is 11.5. The van der Waals surface area contributed by atoms with Gasteiger partial charge in [0.05, 0.1) is 6.04 Å². The van der Waals surface area contributed by atoms with Crippen LogP contribution in [0.25, 0.3) is 0 Å². The molecule has 2 rings (SSSR count). The Balaban J connectivity index is 1.82. The van der Waals surface area contributed by atoms with Crippen molar-refractivity contribution in [3.63, 3.8) is 0 Å². The van der Waals surface area contributed by atoms with Gasteiger partial charge in [0.2, 0.25) is 11.8 Å². The molecule has 1 atom stereocenters. The molecule has 0 spiro atoms. The number of aromatic nitrogens is 2. The molecule has 0 aliphatic heterocycles. The van der Waals surface area contributed by atoms with E-state index in [9.17, 15) is 0 Å². The van der Waals surface area contributed by atoms with Crippen LogP contribution in [0.1, 0.15) is 69.7 Å². The van der Waals surface area contributed by atoms with Crippen LogP contribution in [0, 0.1) is 5.92 Å². The van der Waals surface area contributed by atoms with E-state index in [-0.39, 0.29) is 6.04 Å². The Kier molecular flexibility index (Phi) is 5.17. The van der Waals surface area contributed by atoms with E-state index in [4.69, 9.17) is 4.42 Å². The summed E-state index contributed by atoms with van der Waals surface area (Å²) in [7, 11) is 1.93. The van der Waals surface area contributed by atoms with E-state index in [1.165, 1.54) is 38.5 Å². The molecule has 1 aliphatic rings. The lowest BCUT2D eigenvalue weighted by Crippen LogP contribution is -2.15. The summed E-state index contributed by atoms with van der Waals surface area (Å²) in [5.74, 6) is 2.42. The molecule has 102 valence electrons. The summed E-state index contributed by atoms with van der Waals surface area (Å²) in [6.07, 6.45) is 10.1. The van der Waals surface area contributed by atoms with Gasteiger partial charge in [-0.2, -0.15) is 0 Å². The van der Waals surface area contributed by atoms with E-state index >= 15 is 0 Å². The molecular weight excluding hydrogens is 226 g/mol. The second kappa shape index (κ2) is 6.88. The third-order valence-corrected chi connectivity index (χ3v) is 4.03. The van der Waals surface area contributed by atoms with Crippen LogP contribution in [-0.4, -0.2) is 17.2 Å². The Morgan fingerprint density at radius 3 is 2.72 bits per heavy atom. The van der Waals surface area contributed by atoms with Crippen molar-refractivity contribution in [3.05, 3.63) is 11.8 Å². The Morgan fingerprint density at radius 1 is 1.28 bits per heavy atom. The van der Waals surface area contributed by atoms with Crippen molar-refractivity contribution in [1.82, 2.24) is 15.5 Å². The monoisotopic (exact) mass is 251 g/mol. The Labute approximate surface area is 110 Å². The molecule has 0 bridgehead atoms. The van der Waals surface area contributed by atoms with Gasteiger partial charge in [0.1, 0.15) is 0 Å². The summed E-state index contributed by atoms with van der Waals surface area (Å²) in [5.41, 5.74) is 0. The van der Waals surface area contributed by atoms with Gasteiger partial charge in [-0.3, -0.25) is 0 Å². The maximum Gasteiger partial charge on any atom is 0.233 e. The minimum Gasteiger partial charge on any atom is -0.424 e. The normalized spacial score (nSPS) is 19.0. The van der Waals surface area contributed by atoms with Gasteiger partial charge in [-0.25, -0.2) is 0 Å². The highest BCUT2D eigenvalue weighted by atomic mass is 16.4. The zero-order valence-corrected chi connectivity index (χ0v) is 11.6. The zero-order chi connectivity index (χ0) is 12.8. The molecule has 1 N–H and O–H groups in total. The van der Waals surface area contributed by atoms with Crippen LogP contribution in [0.15, 0.2) is 4.42 Å². The predicted molar refractivity (Wildman–Crippen MR) is 71.3 cm³/mol. The van der Waals surface area contributed by atoms with E-state index < -0.39 is 0 Å². The van der Waals surface area contributed by atoms with Gasteiger partial charge in [0.15, 0.2) is 0 Å². The van der Waals surface area contributed by atoms with Gasteiger partial charge in [0.25, 0.3) is 0 Å². The average Bonchev–Trinajstić information content (AvgIpc) is 2.88. The van der Waals surface area contributed by atoms with E-state index in [0.717, 1.165) is 30.5 Å². The Morgan fingerprint density at radius 2 is 2.06 bits per heavy atom. The number of nitrogens with one attached hydrogen (secondary N) is 1. The highest BCUT2D eigenvalue weighted by Crippen LogP contribution is 2.27. The van der Waals surface area contributed by atoms with Gasteiger partial charge in [0, 0.05) is 6.42 Å². The molecule has 0 radical (unpaired) electrons. The van der Waals surface area contributed by atoms with Gasteiger partial charge in [-0.05, 0) is 25.8 Å². The summed E-state index contributed by atoms with van der Waals surface area (Å²) >= 11 is 0. The van der Waals surface area contributed by atoms with E-state index in [1.807, 2.05) is 7.05 Å². The molecule has 0 saturated heterocycles. The van der Waals surface area contributed by atoms with Crippen molar-refractivity contribution in [2.75, 3.05) is 7.05 Å². The molecular formula is C14H25N3O. The van der Waals surface area contributed by atoms with Crippen molar-refractivity contribution in [2.24, 2.45) is 5.92 Å². The van der Waals surface area contributed by atoms with Crippen LogP contribution < -0.4 is 5.32 Å². The first-order chi connectivity index (χ1) is 8.83. The van der Waals surface area contributed by atoms with Crippen molar-refractivity contribution < 1.29 is 4.42 Å². The molecule has 4 heteroatoms. The second-order valence-electron chi connectivity index (χ2n) is 5.33. The summed E-state index contributed by atoms with van der Waals surface area (Å²) in [6.45, 7) is 2.12. The molecule has 0 aromatic carbocycles. The first-order valence-corrected chi connectivity index (χ1v) is 7.33. The van der Waals surface area contributed by atoms with E-state index in [1.54, 1.807) is 0 Å². The maximum atomic E-state index is 5.73. The molecule has 1 saturated carbocycles. The molecule has 1 unspecified atom stereocenters. The second-order valence-corrected chi connectivity index (χ2v) is 5.33. The van der Waals surface area contributed by atoms with Crippen LogP contribution in [-0.2, 0) is 6.42 Å². The largest absolute Gasteiger partial charge is 0.424 e. The molecule has 0 amide bonds. The summed E-state index contributed by atoms with van der Waals surface area (Å²) in [6, 6.07) is 0.195. The fourth-order valence-electron chi connectivity index (χ4n) is 2.81. The zero-order valence-electron chi connectivity index (χ0n) is 11.6. The topological polar surface area (TPSA) is 51.0 Å². The molecule has 1 fully saturated rings. The van der Waals surface area contributed by atoms with E-state index in [0.29, 0.717) is 0 Å². The quantitative estimate of drug-likeness (QED) is 0.843. The lowest BCUT2D eigenvalue weighted by molar-refractivity contribution is 0.321. The SMILES string of the molecule is CCC(NC)c1nnc(CCC2CCCCC2)o1. The minimum atomic E-state index is 0.195. The Hall–Kier alpha value is -0.900. The lowest BCUT2D eigenvalue weighted by Gasteiger charge is -2.20. The van der Waals surface area contributed by atoms with Crippen LogP contribution in [0.4, 0.5) is 0 Å². The van der Waals surface area contributed by atoms with Crippen molar-refractivity contribution >= 4 is 0 Å². The number of hydrogen-bond donors (Lipinski definition) is 1. The lowest BCUT2D eigenvalue weighted by atomic mass is 9.86. The number of rotatable bonds is 6. The fraction of sp³-hybridized carbons (Fsp3) is 0.857. The minimum absolute atomic E-state index is 0.195. The molecule has 4 nitrogen and oxygen atoms in total. The van der Waals surface area contributed by atoms with Crippen molar-refractivity contribution in [3.8, 4) is 0 Å². The van der Waals surface area contributed by atoms with Gasteiger partial charge < -0.3 is 9.73 Å². The van der Waals surface area contributed by atoms with Crippen molar-refractivity contribution in [2.45, 2.75) is 64.3 Å². The molecule has 1 aromatic heterocycles. The highest BCUT2D eigenvalue weighted by Gasteiger charge is 2.17. The van der Waals surface area contributed by atoms with E-state index in [2.05, 4.69) is 22.4 Å². The molecule has 1 aliphatic carbocycles. The van der Waals surface area contributed by atoms with Crippen LogP contribution in [0.3, 0.4) is 0 Å². The predicted octanol–water partition coefficient (Wildman–Crippen LogP) is 3.25. The number of nitrogens with zero attached hydrogens (tertiary/aromatic N) is 2. The molecule has 1 aromatic rings. The third kappa shape index (κ3) is 3.55. The maximum absolute atomic E-state index is 5.73. The fourth-order valence-corrected chi connectivity index (χ4v) is 2.81. The molecule has 18 heavy (non-hydrogen) atoms. The van der Waals surface area contributed by atoms with Crippen LogP contribution >= 0.6 is 0 Å². The van der Waals surface area contributed by atoms with Gasteiger partial charge in [-0.15, -0.1) is 10.2 Å². The summed E-state index contributed by atoms with van der Waals surface area (Å²) < 4.78 is 5.73. The Bertz CT molecular complexity index is 341. The number of aryl methyl sites for hydroxylation is 1. The van der Waals surface area contributed by atoms with Crippen LogP contribution in [0.5, 0.6) is 0 Å². The smallest absolute Gasteiger partial charge is 0.233 e. The first kappa shape index (κ1) is 13.5. The first-order valence-electron chi connectivity index (χ1n) is 7.33. The highest BCUT2D eigenvalue weighted by molar-refractivity contribution is 4.89. The third-order valence-electron chi connectivity index (χ3n) is 4.03. The summed E-state index contributed by atoms with van der Waals surface area (Å²) in [4.78, 5) is 0. The standard InChI is InChI=1S/C14H25N3O/c1-3-12(15-2)14-17-16-13(18-14)10-9-11-7-5-4-6-8-11/h11-12,15H,3-10H2,1-2H3. The van der Waals surface area contributed by atoms with Gasteiger partial charge in [-0.1, -0.05) is 39.0 Å². The molecule has 1 heterocycles. The van der Waals surface area contributed by atoms with Gasteiger partial charge >= 0.3 is 0 Å². The number of hydrogen-bond acceptors (Lipinski definition) is 4. The van der Waals surface area contributed by atoms with Crippen LogP contribution in [0.2, 0.25) is 0 Å². The van der Waals surface area contributed by atoms with Crippen molar-refractivity contribution in [1.29, 1.82) is 0 Å².